The van der Waals surface area contributed by atoms with Crippen LogP contribution in [0.3, 0.4) is 0 Å². The minimum Gasteiger partial charge on any atom is -0.361 e. The fourth-order valence-electron chi connectivity index (χ4n) is 0.790. The summed E-state index contributed by atoms with van der Waals surface area (Å²) in [6.45, 7) is 4.89. The van der Waals surface area contributed by atoms with Gasteiger partial charge in [0.1, 0.15) is 0 Å². The van der Waals surface area contributed by atoms with Crippen molar-refractivity contribution in [3.8, 4) is 12.3 Å². The minimum atomic E-state index is 0.748. The number of aryl methyl sites for hydroxylation is 2. The highest BCUT2D eigenvalue weighted by Gasteiger charge is 2.00. The maximum Gasteiger partial charge on any atom is 0.183 e. The van der Waals surface area contributed by atoms with E-state index in [-0.39, 0.29) is 0 Å². The Balaban J connectivity index is 2.48. The smallest absolute Gasteiger partial charge is 0.183 e. The fraction of sp³-hybridized carbons (Fsp3) is 0.444. The summed E-state index contributed by atoms with van der Waals surface area (Å²) in [5, 5.41) is 4.14. The summed E-state index contributed by atoms with van der Waals surface area (Å²) in [6.07, 6.45) is 5.87. The molecule has 0 fully saturated rings. The van der Waals surface area contributed by atoms with Crippen LogP contribution in [0.5, 0.6) is 0 Å². The van der Waals surface area contributed by atoms with Crippen LogP contribution in [0.2, 0.25) is 0 Å². The molecule has 12 heavy (non-hydrogen) atoms. The zero-order valence-corrected chi connectivity index (χ0v) is 8.16. The Labute approximate surface area is 77.0 Å². The average Bonchev–Trinajstić information content (AvgIpc) is 2.32. The Bertz CT molecular complexity index is 276. The Morgan fingerprint density at radius 1 is 1.58 bits per heavy atom. The molecule has 64 valence electrons. The van der Waals surface area contributed by atoms with Crippen molar-refractivity contribution in [1.82, 2.24) is 4.98 Å². The van der Waals surface area contributed by atoms with E-state index in [1.807, 2.05) is 6.92 Å². The van der Waals surface area contributed by atoms with Crippen molar-refractivity contribution in [3.63, 3.8) is 0 Å². The van der Waals surface area contributed by atoms with Gasteiger partial charge in [0.05, 0.1) is 5.69 Å². The van der Waals surface area contributed by atoms with Gasteiger partial charge in [0.25, 0.3) is 0 Å². The van der Waals surface area contributed by atoms with Crippen LogP contribution >= 0.6 is 11.3 Å². The van der Waals surface area contributed by atoms with E-state index in [2.05, 4.69) is 23.1 Å². The maximum absolute atomic E-state index is 5.12. The van der Waals surface area contributed by atoms with E-state index in [1.165, 1.54) is 4.88 Å². The zero-order chi connectivity index (χ0) is 8.97. The Morgan fingerprint density at radius 3 is 2.83 bits per heavy atom. The molecule has 1 N–H and O–H groups in total. The molecule has 2 nitrogen and oxygen atoms in total. The second-order valence-corrected chi connectivity index (χ2v) is 3.74. The number of nitrogens with one attached hydrogen (secondary N) is 1. The van der Waals surface area contributed by atoms with E-state index in [4.69, 9.17) is 6.42 Å². The Kier molecular flexibility index (Phi) is 3.12. The van der Waals surface area contributed by atoms with Gasteiger partial charge < -0.3 is 5.32 Å². The van der Waals surface area contributed by atoms with Crippen molar-refractivity contribution in [2.24, 2.45) is 0 Å². The lowest BCUT2D eigenvalue weighted by Gasteiger charge is -1.95. The molecule has 0 aliphatic heterocycles. The standard InChI is InChI=1S/C9H12N2S/c1-4-5-6-10-9-11-7(2)8(3)12-9/h1H,5-6H2,2-3H3,(H,10,11). The van der Waals surface area contributed by atoms with E-state index in [0.717, 1.165) is 23.8 Å². The normalized spacial score (nSPS) is 9.42. The van der Waals surface area contributed by atoms with Gasteiger partial charge >= 0.3 is 0 Å². The number of aromatic nitrogens is 1. The van der Waals surface area contributed by atoms with Gasteiger partial charge in [-0.25, -0.2) is 4.98 Å². The first-order chi connectivity index (χ1) is 5.74. The molecule has 0 aliphatic rings. The summed E-state index contributed by atoms with van der Waals surface area (Å²) in [6, 6.07) is 0. The molecule has 0 saturated heterocycles. The summed E-state index contributed by atoms with van der Waals surface area (Å²) in [4.78, 5) is 5.58. The molecule has 0 spiro atoms. The van der Waals surface area contributed by atoms with Gasteiger partial charge in [0.15, 0.2) is 5.13 Å². The van der Waals surface area contributed by atoms with Crippen LogP contribution in [0.15, 0.2) is 0 Å². The van der Waals surface area contributed by atoms with Crippen molar-refractivity contribution < 1.29 is 0 Å². The van der Waals surface area contributed by atoms with Crippen LogP contribution in [0, 0.1) is 26.2 Å². The lowest BCUT2D eigenvalue weighted by atomic mass is 10.4. The average molecular weight is 180 g/mol. The van der Waals surface area contributed by atoms with Crippen LogP contribution in [0.25, 0.3) is 0 Å². The van der Waals surface area contributed by atoms with E-state index < -0.39 is 0 Å². The highest BCUT2D eigenvalue weighted by Crippen LogP contribution is 2.20. The topological polar surface area (TPSA) is 24.9 Å². The summed E-state index contributed by atoms with van der Waals surface area (Å²) in [5.41, 5.74) is 1.10. The lowest BCUT2D eigenvalue weighted by Crippen LogP contribution is -1.99. The largest absolute Gasteiger partial charge is 0.361 e. The van der Waals surface area contributed by atoms with Crippen LogP contribution in [-0.4, -0.2) is 11.5 Å². The zero-order valence-electron chi connectivity index (χ0n) is 7.35. The molecular weight excluding hydrogens is 168 g/mol. The molecule has 0 atom stereocenters. The molecule has 0 amide bonds. The second kappa shape index (κ2) is 4.13. The quantitative estimate of drug-likeness (QED) is 0.569. The Hall–Kier alpha value is -1.01. The van der Waals surface area contributed by atoms with E-state index in [9.17, 15) is 0 Å². The Morgan fingerprint density at radius 2 is 2.33 bits per heavy atom. The van der Waals surface area contributed by atoms with Gasteiger partial charge in [-0.15, -0.1) is 23.7 Å². The van der Waals surface area contributed by atoms with E-state index in [1.54, 1.807) is 11.3 Å². The molecule has 0 aromatic carbocycles. The predicted molar refractivity (Wildman–Crippen MR) is 53.5 cm³/mol. The minimum absolute atomic E-state index is 0.748. The molecule has 1 heterocycles. The van der Waals surface area contributed by atoms with Gasteiger partial charge in [-0.2, -0.15) is 0 Å². The molecule has 1 rings (SSSR count). The number of nitrogens with zero attached hydrogens (tertiary/aromatic N) is 1. The molecule has 0 bridgehead atoms. The first-order valence-electron chi connectivity index (χ1n) is 3.85. The molecule has 3 heteroatoms. The predicted octanol–water partition coefficient (Wildman–Crippen LogP) is 2.20. The number of rotatable bonds is 3. The number of hydrogen-bond donors (Lipinski definition) is 1. The van der Waals surface area contributed by atoms with Gasteiger partial charge in [0, 0.05) is 17.8 Å². The summed E-state index contributed by atoms with van der Waals surface area (Å²) >= 11 is 1.67. The summed E-state index contributed by atoms with van der Waals surface area (Å²) in [7, 11) is 0. The summed E-state index contributed by atoms with van der Waals surface area (Å²) in [5.74, 6) is 2.57. The van der Waals surface area contributed by atoms with Gasteiger partial charge in [0.2, 0.25) is 0 Å². The van der Waals surface area contributed by atoms with Crippen molar-refractivity contribution in [2.75, 3.05) is 11.9 Å². The second-order valence-electron chi connectivity index (χ2n) is 2.54. The third kappa shape index (κ3) is 2.24. The number of thiazole rings is 1. The monoisotopic (exact) mass is 180 g/mol. The fourth-order valence-corrected chi connectivity index (χ4v) is 1.63. The lowest BCUT2D eigenvalue weighted by molar-refractivity contribution is 1.08. The molecular formula is C9H12N2S. The van der Waals surface area contributed by atoms with Gasteiger partial charge in [-0.1, -0.05) is 0 Å². The molecule has 1 aromatic rings. The number of hydrogen-bond acceptors (Lipinski definition) is 3. The highest BCUT2D eigenvalue weighted by molar-refractivity contribution is 7.15. The van der Waals surface area contributed by atoms with Gasteiger partial charge in [-0.05, 0) is 13.8 Å². The van der Waals surface area contributed by atoms with Crippen molar-refractivity contribution >= 4 is 16.5 Å². The van der Waals surface area contributed by atoms with E-state index in [0.29, 0.717) is 0 Å². The maximum atomic E-state index is 5.12. The van der Waals surface area contributed by atoms with Gasteiger partial charge in [-0.3, -0.25) is 0 Å². The number of terminal acetylenes is 1. The first kappa shape index (κ1) is 9.08. The molecule has 0 aliphatic carbocycles. The van der Waals surface area contributed by atoms with Crippen molar-refractivity contribution in [1.29, 1.82) is 0 Å². The van der Waals surface area contributed by atoms with Crippen molar-refractivity contribution in [3.05, 3.63) is 10.6 Å². The third-order valence-corrected chi connectivity index (χ3v) is 2.60. The first-order valence-corrected chi connectivity index (χ1v) is 4.67. The van der Waals surface area contributed by atoms with Crippen LogP contribution in [0.1, 0.15) is 17.0 Å². The number of anilines is 1. The summed E-state index contributed by atoms with van der Waals surface area (Å²) < 4.78 is 0. The molecule has 0 unspecified atom stereocenters. The van der Waals surface area contributed by atoms with Crippen molar-refractivity contribution in [2.45, 2.75) is 20.3 Å². The SMILES string of the molecule is C#CCCNc1nc(C)c(C)s1. The highest BCUT2D eigenvalue weighted by atomic mass is 32.1. The van der Waals surface area contributed by atoms with Crippen LogP contribution in [-0.2, 0) is 0 Å². The third-order valence-electron chi connectivity index (χ3n) is 1.57. The van der Waals surface area contributed by atoms with Crippen LogP contribution < -0.4 is 5.32 Å². The van der Waals surface area contributed by atoms with E-state index >= 15 is 0 Å². The van der Waals surface area contributed by atoms with Crippen LogP contribution in [0.4, 0.5) is 5.13 Å². The molecule has 1 aromatic heterocycles. The molecule has 0 saturated carbocycles. The molecule has 0 radical (unpaired) electrons.